The van der Waals surface area contributed by atoms with Crippen molar-refractivity contribution in [3.8, 4) is 0 Å². The minimum absolute atomic E-state index is 0.370. The van der Waals surface area contributed by atoms with Crippen LogP contribution in [-0.4, -0.2) is 70.9 Å². The van der Waals surface area contributed by atoms with Crippen LogP contribution >= 0.6 is 0 Å². The summed E-state index contributed by atoms with van der Waals surface area (Å²) in [7, 11) is 0. The molecule has 0 aromatic rings. The van der Waals surface area contributed by atoms with Gasteiger partial charge in [-0.15, -0.1) is 0 Å². The smallest absolute Gasteiger partial charge is 0.321 e. The predicted octanol–water partition coefficient (Wildman–Crippen LogP) is -0.00790. The molecule has 2 aliphatic rings. The lowest BCUT2D eigenvalue weighted by molar-refractivity contribution is -0.142. The normalized spacial score (nSPS) is 31.8. The van der Waals surface area contributed by atoms with Crippen LogP contribution < -0.4 is 0 Å². The van der Waals surface area contributed by atoms with E-state index < -0.39 is 18.1 Å². The third-order valence-corrected chi connectivity index (χ3v) is 3.82. The fourth-order valence-electron chi connectivity index (χ4n) is 2.84. The summed E-state index contributed by atoms with van der Waals surface area (Å²) in [6.45, 7) is 4.46. The zero-order chi connectivity index (χ0) is 12.3. The molecule has 5 nitrogen and oxygen atoms in total. The number of hydrogen-bond acceptors (Lipinski definition) is 4. The highest BCUT2D eigenvalue weighted by Crippen LogP contribution is 2.18. The van der Waals surface area contributed by atoms with E-state index in [-0.39, 0.29) is 0 Å². The second kappa shape index (κ2) is 5.80. The summed E-state index contributed by atoms with van der Waals surface area (Å²) < 4.78 is 0. The minimum Gasteiger partial charge on any atom is -0.480 e. The van der Waals surface area contributed by atoms with Gasteiger partial charge in [0.1, 0.15) is 6.04 Å². The van der Waals surface area contributed by atoms with Gasteiger partial charge in [-0.3, -0.25) is 9.69 Å². The van der Waals surface area contributed by atoms with Crippen LogP contribution in [-0.2, 0) is 4.79 Å². The van der Waals surface area contributed by atoms with Crippen molar-refractivity contribution in [2.45, 2.75) is 37.8 Å². The van der Waals surface area contributed by atoms with Crippen molar-refractivity contribution >= 4 is 5.97 Å². The Bertz CT molecular complexity index is 266. The van der Waals surface area contributed by atoms with Gasteiger partial charge in [0, 0.05) is 26.1 Å². The maximum atomic E-state index is 11.0. The number of β-amino-alcohol motifs (C(OH)–C–C–N with tert-alkyl or cyclic N) is 1. The van der Waals surface area contributed by atoms with E-state index in [2.05, 4.69) is 4.90 Å². The van der Waals surface area contributed by atoms with Gasteiger partial charge in [-0.25, -0.2) is 0 Å². The van der Waals surface area contributed by atoms with E-state index in [4.69, 9.17) is 5.11 Å². The van der Waals surface area contributed by atoms with Gasteiger partial charge >= 0.3 is 5.97 Å². The Morgan fingerprint density at radius 2 is 1.88 bits per heavy atom. The largest absolute Gasteiger partial charge is 0.480 e. The highest BCUT2D eigenvalue weighted by molar-refractivity contribution is 5.74. The summed E-state index contributed by atoms with van der Waals surface area (Å²) in [6.07, 6.45) is 3.72. The molecule has 2 fully saturated rings. The van der Waals surface area contributed by atoms with Crippen LogP contribution in [0, 0.1) is 0 Å². The summed E-state index contributed by atoms with van der Waals surface area (Å²) in [6, 6.07) is -0.491. The Balaban J connectivity index is 1.78. The molecule has 0 radical (unpaired) electrons. The third-order valence-electron chi connectivity index (χ3n) is 3.82. The van der Waals surface area contributed by atoms with E-state index in [0.717, 1.165) is 26.2 Å². The van der Waals surface area contributed by atoms with Crippen molar-refractivity contribution in [2.75, 3.05) is 32.7 Å². The molecule has 2 aliphatic heterocycles. The molecular weight excluding hydrogens is 220 g/mol. The average molecular weight is 242 g/mol. The topological polar surface area (TPSA) is 64.0 Å². The number of hydrogen-bond donors (Lipinski definition) is 2. The summed E-state index contributed by atoms with van der Waals surface area (Å²) in [5, 5.41) is 18.6. The monoisotopic (exact) mass is 242 g/mol. The van der Waals surface area contributed by atoms with Crippen LogP contribution in [0.25, 0.3) is 0 Å². The Morgan fingerprint density at radius 3 is 2.53 bits per heavy atom. The molecule has 2 unspecified atom stereocenters. The number of carbonyl (C=O) groups is 1. The molecule has 2 N–H and O–H groups in total. The van der Waals surface area contributed by atoms with Crippen molar-refractivity contribution in [3.05, 3.63) is 0 Å². The quantitative estimate of drug-likeness (QED) is 0.726. The average Bonchev–Trinajstić information content (AvgIpc) is 2.69. The van der Waals surface area contributed by atoms with E-state index in [9.17, 15) is 9.90 Å². The van der Waals surface area contributed by atoms with Gasteiger partial charge in [0.2, 0.25) is 0 Å². The first-order valence-electron chi connectivity index (χ1n) is 6.54. The van der Waals surface area contributed by atoms with Gasteiger partial charge < -0.3 is 15.1 Å². The van der Waals surface area contributed by atoms with E-state index in [1.807, 2.05) is 4.90 Å². The van der Waals surface area contributed by atoms with Crippen molar-refractivity contribution in [3.63, 3.8) is 0 Å². The molecule has 0 aromatic heterocycles. The maximum absolute atomic E-state index is 11.0. The fourth-order valence-corrected chi connectivity index (χ4v) is 2.84. The third kappa shape index (κ3) is 3.40. The highest BCUT2D eigenvalue weighted by atomic mass is 16.4. The van der Waals surface area contributed by atoms with Crippen LogP contribution in [0.3, 0.4) is 0 Å². The first kappa shape index (κ1) is 12.8. The number of piperidine rings is 1. The summed E-state index contributed by atoms with van der Waals surface area (Å²) in [5.74, 6) is -0.805. The highest BCUT2D eigenvalue weighted by Gasteiger charge is 2.35. The van der Waals surface area contributed by atoms with Gasteiger partial charge in [0.05, 0.1) is 6.10 Å². The van der Waals surface area contributed by atoms with Crippen LogP contribution in [0.15, 0.2) is 0 Å². The Kier molecular flexibility index (Phi) is 4.36. The molecule has 0 aromatic carbocycles. The van der Waals surface area contributed by atoms with Gasteiger partial charge in [-0.05, 0) is 25.9 Å². The standard InChI is InChI=1S/C12H22N2O3/c15-10-8-11(12(16)17)14(9-10)7-6-13-4-2-1-3-5-13/h10-11,15H,1-9H2,(H,16,17). The van der Waals surface area contributed by atoms with Gasteiger partial charge in [0.25, 0.3) is 0 Å². The number of carboxylic acid groups (broad SMARTS) is 1. The molecule has 0 bridgehead atoms. The minimum atomic E-state index is -0.805. The molecular formula is C12H22N2O3. The van der Waals surface area contributed by atoms with Gasteiger partial charge in [0.15, 0.2) is 0 Å². The van der Waals surface area contributed by atoms with Crippen molar-refractivity contribution in [1.29, 1.82) is 0 Å². The number of carboxylic acids is 1. The van der Waals surface area contributed by atoms with Crippen LogP contribution in [0.4, 0.5) is 0 Å². The van der Waals surface area contributed by atoms with Gasteiger partial charge in [-0.1, -0.05) is 6.42 Å². The first-order valence-corrected chi connectivity index (χ1v) is 6.54. The van der Waals surface area contributed by atoms with Crippen LogP contribution in [0.5, 0.6) is 0 Å². The van der Waals surface area contributed by atoms with E-state index >= 15 is 0 Å². The summed E-state index contributed by atoms with van der Waals surface area (Å²) >= 11 is 0. The number of aliphatic hydroxyl groups excluding tert-OH is 1. The SMILES string of the molecule is O=C(O)C1CC(O)CN1CCN1CCCCC1. The Hall–Kier alpha value is -0.650. The lowest BCUT2D eigenvalue weighted by atomic mass is 10.1. The maximum Gasteiger partial charge on any atom is 0.321 e. The van der Waals surface area contributed by atoms with Crippen LogP contribution in [0.2, 0.25) is 0 Å². The molecule has 2 heterocycles. The molecule has 17 heavy (non-hydrogen) atoms. The second-order valence-corrected chi connectivity index (χ2v) is 5.14. The first-order chi connectivity index (χ1) is 8.16. The molecule has 0 spiro atoms. The molecule has 2 atom stereocenters. The predicted molar refractivity (Wildman–Crippen MR) is 63.9 cm³/mol. The Labute approximate surface area is 102 Å². The van der Waals surface area contributed by atoms with Crippen molar-refractivity contribution in [1.82, 2.24) is 9.80 Å². The number of rotatable bonds is 4. The molecule has 0 aliphatic carbocycles. The molecule has 0 saturated carbocycles. The second-order valence-electron chi connectivity index (χ2n) is 5.14. The number of likely N-dealkylation sites (tertiary alicyclic amines) is 2. The number of nitrogens with zero attached hydrogens (tertiary/aromatic N) is 2. The van der Waals surface area contributed by atoms with Crippen molar-refractivity contribution in [2.24, 2.45) is 0 Å². The van der Waals surface area contributed by atoms with E-state index in [1.54, 1.807) is 0 Å². The number of aliphatic hydroxyl groups is 1. The molecule has 5 heteroatoms. The van der Waals surface area contributed by atoms with E-state index in [1.165, 1.54) is 19.3 Å². The van der Waals surface area contributed by atoms with Crippen molar-refractivity contribution < 1.29 is 15.0 Å². The zero-order valence-electron chi connectivity index (χ0n) is 10.2. The summed E-state index contributed by atoms with van der Waals surface area (Å²) in [4.78, 5) is 15.3. The molecule has 98 valence electrons. The van der Waals surface area contributed by atoms with E-state index in [0.29, 0.717) is 13.0 Å². The molecule has 0 amide bonds. The summed E-state index contributed by atoms with van der Waals surface area (Å²) in [5.41, 5.74) is 0. The Morgan fingerprint density at radius 1 is 1.18 bits per heavy atom. The zero-order valence-corrected chi connectivity index (χ0v) is 10.2. The lowest BCUT2D eigenvalue weighted by Crippen LogP contribution is -2.42. The molecule has 2 rings (SSSR count). The molecule has 2 saturated heterocycles. The van der Waals surface area contributed by atoms with Gasteiger partial charge in [-0.2, -0.15) is 0 Å². The number of aliphatic carboxylic acids is 1. The van der Waals surface area contributed by atoms with Crippen LogP contribution in [0.1, 0.15) is 25.7 Å². The lowest BCUT2D eigenvalue weighted by Gasteiger charge is -2.29. The fraction of sp³-hybridized carbons (Fsp3) is 0.917.